The molecule has 3 aromatic rings. The summed E-state index contributed by atoms with van der Waals surface area (Å²) in [6.07, 6.45) is 0. The molecule has 6 heteroatoms. The standard InChI is InChI=1S/C18H19NO4S/c1-13-7-9-15(10-8-13)24(21,22)19-12-18(2,20)17-11-14-5-3-4-6-16(14)23-17/h3-11,19-20H,12H2,1-2H3. The van der Waals surface area contributed by atoms with Crippen molar-refractivity contribution >= 4 is 21.0 Å². The van der Waals surface area contributed by atoms with Crippen LogP contribution in [-0.2, 0) is 15.6 Å². The first-order valence-corrected chi connectivity index (χ1v) is 9.04. The fraction of sp³-hybridized carbons (Fsp3) is 0.222. The zero-order valence-electron chi connectivity index (χ0n) is 13.5. The van der Waals surface area contributed by atoms with Crippen LogP contribution in [0.3, 0.4) is 0 Å². The highest BCUT2D eigenvalue weighted by Gasteiger charge is 2.29. The number of fused-ring (bicyclic) bond motifs is 1. The van der Waals surface area contributed by atoms with Crippen molar-refractivity contribution in [2.24, 2.45) is 0 Å². The molecule has 1 aromatic heterocycles. The van der Waals surface area contributed by atoms with Gasteiger partial charge in [0.2, 0.25) is 10.0 Å². The molecule has 2 aromatic carbocycles. The molecule has 0 fully saturated rings. The van der Waals surface area contributed by atoms with Crippen LogP contribution in [0.4, 0.5) is 0 Å². The maximum Gasteiger partial charge on any atom is 0.240 e. The number of aryl methyl sites for hydroxylation is 1. The molecule has 2 N–H and O–H groups in total. The number of rotatable bonds is 5. The van der Waals surface area contributed by atoms with E-state index in [2.05, 4.69) is 4.72 Å². The van der Waals surface area contributed by atoms with Crippen LogP contribution in [-0.4, -0.2) is 20.1 Å². The molecule has 0 radical (unpaired) electrons. The topological polar surface area (TPSA) is 79.5 Å². The van der Waals surface area contributed by atoms with Crippen LogP contribution >= 0.6 is 0 Å². The third-order valence-electron chi connectivity index (χ3n) is 3.89. The summed E-state index contributed by atoms with van der Waals surface area (Å²) >= 11 is 0. The average Bonchev–Trinajstić information content (AvgIpc) is 2.99. The van der Waals surface area contributed by atoms with E-state index >= 15 is 0 Å². The third kappa shape index (κ3) is 3.36. The first-order valence-electron chi connectivity index (χ1n) is 7.56. The fourth-order valence-corrected chi connectivity index (χ4v) is 3.50. The Balaban J connectivity index is 1.80. The van der Waals surface area contributed by atoms with Gasteiger partial charge < -0.3 is 9.52 Å². The van der Waals surface area contributed by atoms with E-state index in [-0.39, 0.29) is 11.4 Å². The van der Waals surface area contributed by atoms with Crippen LogP contribution in [0, 0.1) is 6.92 Å². The second-order valence-electron chi connectivity index (χ2n) is 6.06. The molecule has 3 rings (SSSR count). The van der Waals surface area contributed by atoms with Gasteiger partial charge >= 0.3 is 0 Å². The first kappa shape index (κ1) is 16.7. The number of nitrogens with one attached hydrogen (secondary N) is 1. The van der Waals surface area contributed by atoms with Crippen LogP contribution in [0.15, 0.2) is 63.9 Å². The van der Waals surface area contributed by atoms with Crippen LogP contribution in [0.2, 0.25) is 0 Å². The molecular weight excluding hydrogens is 326 g/mol. The molecule has 24 heavy (non-hydrogen) atoms. The summed E-state index contributed by atoms with van der Waals surface area (Å²) in [5.41, 5.74) is 0.161. The van der Waals surface area contributed by atoms with E-state index in [0.29, 0.717) is 11.3 Å². The van der Waals surface area contributed by atoms with E-state index in [1.807, 2.05) is 25.1 Å². The van der Waals surface area contributed by atoms with Crippen molar-refractivity contribution in [2.45, 2.75) is 24.3 Å². The van der Waals surface area contributed by atoms with Crippen molar-refractivity contribution in [1.29, 1.82) is 0 Å². The lowest BCUT2D eigenvalue weighted by Gasteiger charge is -2.21. The number of sulfonamides is 1. The Labute approximate surface area is 141 Å². The normalized spacial score (nSPS) is 14.6. The van der Waals surface area contributed by atoms with Crippen LogP contribution < -0.4 is 4.72 Å². The van der Waals surface area contributed by atoms with Gasteiger partial charge in [0.15, 0.2) is 0 Å². The Morgan fingerprint density at radius 2 is 1.79 bits per heavy atom. The highest BCUT2D eigenvalue weighted by molar-refractivity contribution is 7.89. The summed E-state index contributed by atoms with van der Waals surface area (Å²) in [5, 5.41) is 11.5. The number of hydrogen-bond acceptors (Lipinski definition) is 4. The summed E-state index contributed by atoms with van der Waals surface area (Å²) in [7, 11) is -3.70. The highest BCUT2D eigenvalue weighted by Crippen LogP contribution is 2.27. The van der Waals surface area contributed by atoms with Gasteiger partial charge in [-0.15, -0.1) is 0 Å². The second-order valence-corrected chi connectivity index (χ2v) is 7.83. The van der Waals surface area contributed by atoms with Gasteiger partial charge in [0, 0.05) is 11.9 Å². The lowest BCUT2D eigenvalue weighted by molar-refractivity contribution is 0.0412. The van der Waals surface area contributed by atoms with Crippen molar-refractivity contribution in [3.63, 3.8) is 0 Å². The van der Waals surface area contributed by atoms with Gasteiger partial charge in [-0.3, -0.25) is 0 Å². The molecule has 1 unspecified atom stereocenters. The minimum atomic E-state index is -3.70. The summed E-state index contributed by atoms with van der Waals surface area (Å²) < 4.78 is 32.8. The maximum atomic E-state index is 12.3. The molecule has 0 bridgehead atoms. The lowest BCUT2D eigenvalue weighted by atomic mass is 10.0. The van der Waals surface area contributed by atoms with E-state index in [9.17, 15) is 13.5 Å². The number of aliphatic hydroxyl groups is 1. The van der Waals surface area contributed by atoms with Crippen molar-refractivity contribution in [2.75, 3.05) is 6.54 Å². The maximum absolute atomic E-state index is 12.3. The van der Waals surface area contributed by atoms with Crippen molar-refractivity contribution in [1.82, 2.24) is 4.72 Å². The van der Waals surface area contributed by atoms with Gasteiger partial charge in [-0.25, -0.2) is 13.1 Å². The minimum Gasteiger partial charge on any atom is -0.458 e. The average molecular weight is 345 g/mol. The monoisotopic (exact) mass is 345 g/mol. The molecule has 0 aliphatic heterocycles. The van der Waals surface area contributed by atoms with E-state index in [0.717, 1.165) is 10.9 Å². The Morgan fingerprint density at radius 3 is 2.46 bits per heavy atom. The van der Waals surface area contributed by atoms with Crippen LogP contribution in [0.1, 0.15) is 18.2 Å². The van der Waals surface area contributed by atoms with E-state index < -0.39 is 15.6 Å². The molecule has 126 valence electrons. The van der Waals surface area contributed by atoms with Crippen molar-refractivity contribution < 1.29 is 17.9 Å². The van der Waals surface area contributed by atoms with E-state index in [1.54, 1.807) is 24.3 Å². The molecule has 0 aliphatic rings. The lowest BCUT2D eigenvalue weighted by Crippen LogP contribution is -2.38. The predicted molar refractivity (Wildman–Crippen MR) is 92.2 cm³/mol. The molecule has 1 heterocycles. The Morgan fingerprint density at radius 1 is 1.12 bits per heavy atom. The second kappa shape index (κ2) is 6.05. The highest BCUT2D eigenvalue weighted by atomic mass is 32.2. The molecule has 0 spiro atoms. The first-order chi connectivity index (χ1) is 11.3. The predicted octanol–water partition coefficient (Wildman–Crippen LogP) is 2.93. The number of benzene rings is 2. The van der Waals surface area contributed by atoms with Gasteiger partial charge in [0.05, 0.1) is 4.90 Å². The van der Waals surface area contributed by atoms with Crippen LogP contribution in [0.5, 0.6) is 0 Å². The quantitative estimate of drug-likeness (QED) is 0.745. The van der Waals surface area contributed by atoms with Gasteiger partial charge in [-0.05, 0) is 38.1 Å². The molecule has 0 aliphatic carbocycles. The van der Waals surface area contributed by atoms with Crippen molar-refractivity contribution in [3.05, 3.63) is 65.9 Å². The molecule has 0 saturated heterocycles. The van der Waals surface area contributed by atoms with E-state index in [1.165, 1.54) is 19.1 Å². The zero-order valence-corrected chi connectivity index (χ0v) is 14.3. The van der Waals surface area contributed by atoms with Crippen LogP contribution in [0.25, 0.3) is 11.0 Å². The third-order valence-corrected chi connectivity index (χ3v) is 5.31. The largest absolute Gasteiger partial charge is 0.458 e. The smallest absolute Gasteiger partial charge is 0.240 e. The Kier molecular flexibility index (Phi) is 4.21. The number of hydrogen-bond donors (Lipinski definition) is 2. The molecule has 1 atom stereocenters. The molecule has 5 nitrogen and oxygen atoms in total. The van der Waals surface area contributed by atoms with E-state index in [4.69, 9.17) is 4.42 Å². The fourth-order valence-electron chi connectivity index (χ4n) is 2.37. The Bertz CT molecular complexity index is 923. The van der Waals surface area contributed by atoms with Gasteiger partial charge in [0.1, 0.15) is 16.9 Å². The minimum absolute atomic E-state index is 0.161. The number of furan rings is 1. The SMILES string of the molecule is Cc1ccc(S(=O)(=O)NCC(C)(O)c2cc3ccccc3o2)cc1. The molecular formula is C18H19NO4S. The van der Waals surface area contributed by atoms with Gasteiger partial charge in [-0.2, -0.15) is 0 Å². The summed E-state index contributed by atoms with van der Waals surface area (Å²) in [6, 6.07) is 15.6. The summed E-state index contributed by atoms with van der Waals surface area (Å²) in [6.45, 7) is 3.21. The Hall–Kier alpha value is -2.15. The van der Waals surface area contributed by atoms with Gasteiger partial charge in [-0.1, -0.05) is 35.9 Å². The van der Waals surface area contributed by atoms with Gasteiger partial charge in [0.25, 0.3) is 0 Å². The summed E-state index contributed by atoms with van der Waals surface area (Å²) in [4.78, 5) is 0.161. The molecule has 0 amide bonds. The molecule has 0 saturated carbocycles. The van der Waals surface area contributed by atoms with Crippen molar-refractivity contribution in [3.8, 4) is 0 Å². The zero-order chi connectivity index (χ0) is 17.4. The summed E-state index contributed by atoms with van der Waals surface area (Å²) in [5.74, 6) is 0.315. The number of para-hydroxylation sites is 1.